The van der Waals surface area contributed by atoms with Crippen molar-refractivity contribution in [3.63, 3.8) is 0 Å². The third-order valence-electron chi connectivity index (χ3n) is 15.1. The Morgan fingerprint density at radius 1 is 0.382 bits per heavy atom. The number of terminal acetylenes is 2. The molecule has 2 aliphatic rings. The summed E-state index contributed by atoms with van der Waals surface area (Å²) in [6.45, 7) is 7.97. The van der Waals surface area contributed by atoms with Gasteiger partial charge < -0.3 is 9.13 Å². The lowest BCUT2D eigenvalue weighted by molar-refractivity contribution is 0.713. The molecule has 11 aromatic rings. The molecule has 2 aromatic heterocycles. The van der Waals surface area contributed by atoms with Crippen molar-refractivity contribution in [2.24, 2.45) is 0 Å². The second-order valence-corrected chi connectivity index (χ2v) is 18.6. The highest BCUT2D eigenvalue weighted by Gasteiger charge is 2.41. The normalized spacial score (nSPS) is 13.4. The van der Waals surface area contributed by atoms with Crippen LogP contribution in [0.5, 0.6) is 0 Å². The largest absolute Gasteiger partial charge is 0.329 e. The summed E-state index contributed by atoms with van der Waals surface area (Å²) < 4.78 is 4.47. The van der Waals surface area contributed by atoms with Crippen molar-refractivity contribution in [2.45, 2.75) is 52.1 Å². The van der Waals surface area contributed by atoms with Gasteiger partial charge in [-0.1, -0.05) is 195 Å². The summed E-state index contributed by atoms with van der Waals surface area (Å²) in [6, 6.07) is 73.5. The van der Waals surface area contributed by atoms with Crippen LogP contribution in [0, 0.1) is 31.6 Å². The van der Waals surface area contributed by atoms with Crippen LogP contribution in [-0.2, 0) is 23.9 Å². The van der Waals surface area contributed by atoms with E-state index >= 15 is 0 Å². The molecule has 0 atom stereocenters. The van der Waals surface area contributed by atoms with Crippen molar-refractivity contribution in [3.8, 4) is 58.1 Å². The highest BCUT2D eigenvalue weighted by atomic mass is 15.0. The van der Waals surface area contributed by atoms with E-state index in [0.717, 1.165) is 0 Å². The minimum absolute atomic E-state index is 0. The highest BCUT2D eigenvalue weighted by Crippen LogP contribution is 2.54. The van der Waals surface area contributed by atoms with Crippen LogP contribution in [-0.4, -0.2) is 9.13 Å². The van der Waals surface area contributed by atoms with Gasteiger partial charge in [0, 0.05) is 37.9 Å². The SMILES string of the molecule is C.C#CCn1c2ccccc2c2cc3c(cc21)c1ccc(C)cc1n3CC#C.CC1(c2ccc(-c3ccc(C4(C)c5ccccc5-c5ccccc54)cc3)cc2)c2ccccc2-c2ccccc21. The first-order chi connectivity index (χ1) is 32.8. The molecule has 0 N–H and O–H groups in total. The van der Waals surface area contributed by atoms with E-state index in [2.05, 4.69) is 242 Å². The summed E-state index contributed by atoms with van der Waals surface area (Å²) >= 11 is 0. The molecule has 0 saturated heterocycles. The van der Waals surface area contributed by atoms with Gasteiger partial charge in [0.05, 0.1) is 29.6 Å². The Kier molecular flexibility index (Phi) is 10.1. The first kappa shape index (κ1) is 42.3. The molecular formula is C66H52N2. The van der Waals surface area contributed by atoms with E-state index in [1.54, 1.807) is 0 Å². The van der Waals surface area contributed by atoms with E-state index in [1.807, 2.05) is 0 Å². The number of benzene rings is 9. The molecule has 0 aliphatic heterocycles. The van der Waals surface area contributed by atoms with Crippen molar-refractivity contribution < 1.29 is 0 Å². The van der Waals surface area contributed by atoms with E-state index in [4.69, 9.17) is 12.8 Å². The van der Waals surface area contributed by atoms with E-state index < -0.39 is 0 Å². The highest BCUT2D eigenvalue weighted by molar-refractivity contribution is 6.18. The van der Waals surface area contributed by atoms with Gasteiger partial charge in [0.25, 0.3) is 0 Å². The number of fused-ring (bicyclic) bond motifs is 12. The molecule has 326 valence electrons. The van der Waals surface area contributed by atoms with Crippen molar-refractivity contribution in [1.29, 1.82) is 0 Å². The first-order valence-electron chi connectivity index (χ1n) is 23.2. The Labute approximate surface area is 400 Å². The number of nitrogens with zero attached hydrogens (tertiary/aromatic N) is 2. The van der Waals surface area contributed by atoms with Gasteiger partial charge in [-0.25, -0.2) is 0 Å². The number of para-hydroxylation sites is 1. The molecule has 0 saturated carbocycles. The van der Waals surface area contributed by atoms with Crippen LogP contribution in [0.2, 0.25) is 0 Å². The average molecular weight is 873 g/mol. The summed E-state index contributed by atoms with van der Waals surface area (Å²) in [7, 11) is 0. The molecule has 0 unspecified atom stereocenters. The Hall–Kier alpha value is -8.30. The third kappa shape index (κ3) is 6.15. The molecular weight excluding hydrogens is 821 g/mol. The molecule has 0 fully saturated rings. The minimum Gasteiger partial charge on any atom is -0.329 e. The van der Waals surface area contributed by atoms with Gasteiger partial charge in [0.2, 0.25) is 0 Å². The Morgan fingerprint density at radius 3 is 1.16 bits per heavy atom. The molecule has 0 spiro atoms. The van der Waals surface area contributed by atoms with E-state index in [1.165, 1.54) is 116 Å². The molecule has 0 amide bonds. The molecule has 68 heavy (non-hydrogen) atoms. The van der Waals surface area contributed by atoms with Gasteiger partial charge in [0.1, 0.15) is 0 Å². The molecule has 9 aromatic carbocycles. The Balaban J connectivity index is 0.000000158. The zero-order chi connectivity index (χ0) is 45.4. The predicted molar refractivity (Wildman–Crippen MR) is 288 cm³/mol. The number of rotatable bonds is 5. The van der Waals surface area contributed by atoms with Crippen molar-refractivity contribution in [1.82, 2.24) is 9.13 Å². The molecule has 0 bridgehead atoms. The predicted octanol–water partition coefficient (Wildman–Crippen LogP) is 16.1. The first-order valence-corrected chi connectivity index (χ1v) is 23.2. The number of hydrogen-bond donors (Lipinski definition) is 0. The fourth-order valence-electron chi connectivity index (χ4n) is 11.8. The summed E-state index contributed by atoms with van der Waals surface area (Å²) in [6.07, 6.45) is 11.4. The number of hydrogen-bond acceptors (Lipinski definition) is 0. The van der Waals surface area contributed by atoms with Crippen molar-refractivity contribution in [3.05, 3.63) is 239 Å². The van der Waals surface area contributed by atoms with Crippen LogP contribution in [0.15, 0.2) is 200 Å². The van der Waals surface area contributed by atoms with Crippen LogP contribution in [0.4, 0.5) is 0 Å². The monoisotopic (exact) mass is 872 g/mol. The quantitative estimate of drug-likeness (QED) is 0.153. The summed E-state index contributed by atoms with van der Waals surface area (Å²) in [4.78, 5) is 0. The van der Waals surface area contributed by atoms with E-state index in [9.17, 15) is 0 Å². The van der Waals surface area contributed by atoms with Gasteiger partial charge in [-0.05, 0) is 117 Å². The average Bonchev–Trinajstić information content (AvgIpc) is 4.04. The Morgan fingerprint density at radius 2 is 0.735 bits per heavy atom. The van der Waals surface area contributed by atoms with Crippen molar-refractivity contribution >= 4 is 43.6 Å². The van der Waals surface area contributed by atoms with Crippen LogP contribution in [0.25, 0.3) is 77.0 Å². The lowest BCUT2D eigenvalue weighted by atomic mass is 9.73. The van der Waals surface area contributed by atoms with Crippen LogP contribution >= 0.6 is 0 Å². The summed E-state index contributed by atoms with van der Waals surface area (Å²) in [5.41, 5.74) is 21.7. The number of aromatic nitrogens is 2. The van der Waals surface area contributed by atoms with Gasteiger partial charge in [-0.2, -0.15) is 0 Å². The van der Waals surface area contributed by atoms with Gasteiger partial charge >= 0.3 is 0 Å². The molecule has 13 rings (SSSR count). The smallest absolute Gasteiger partial charge is 0.0841 e. The maximum atomic E-state index is 5.69. The summed E-state index contributed by atoms with van der Waals surface area (Å²) in [5.74, 6) is 5.62. The van der Waals surface area contributed by atoms with Gasteiger partial charge in [-0.3, -0.25) is 0 Å². The van der Waals surface area contributed by atoms with E-state index in [-0.39, 0.29) is 18.3 Å². The maximum Gasteiger partial charge on any atom is 0.0841 e. The fraction of sp³-hybridized carbons (Fsp3) is 0.121. The topological polar surface area (TPSA) is 9.86 Å². The second-order valence-electron chi connectivity index (χ2n) is 18.6. The van der Waals surface area contributed by atoms with Crippen LogP contribution in [0.1, 0.15) is 60.2 Å². The second kappa shape index (κ2) is 16.2. The Bertz CT molecular complexity index is 3620. The van der Waals surface area contributed by atoms with E-state index in [0.29, 0.717) is 13.1 Å². The zero-order valence-corrected chi connectivity index (χ0v) is 38.0. The standard InChI is InChI=1S/C40H30.C25H18N2.CH4/c1-39(35-15-7-3-11-31(35)32-12-4-8-16-36(32)39)29-23-19-27(20-24-29)28-21-25-30(26-22-28)40(2)37-17-9-5-13-33(37)34-14-6-10-18-38(34)40;1-4-12-26-22-9-7-6-8-18(22)20-15-25-21(16-24(20)26)19-11-10-17(3)14-23(19)27(25)13-5-2;/h3-26H,1-2H3;1-2,6-11,14-16H,12-13H2,3H3;1H4. The number of aryl methyl sites for hydroxylation is 1. The maximum absolute atomic E-state index is 5.69. The molecule has 2 aliphatic carbocycles. The van der Waals surface area contributed by atoms with Crippen molar-refractivity contribution in [2.75, 3.05) is 0 Å². The van der Waals surface area contributed by atoms with Crippen LogP contribution in [0.3, 0.4) is 0 Å². The lowest BCUT2D eigenvalue weighted by Gasteiger charge is -2.29. The minimum atomic E-state index is -0.159. The molecule has 2 nitrogen and oxygen atoms in total. The summed E-state index contributed by atoms with van der Waals surface area (Å²) in [5, 5.41) is 4.88. The third-order valence-corrected chi connectivity index (χ3v) is 15.1. The van der Waals surface area contributed by atoms with Gasteiger partial charge in [-0.15, -0.1) is 12.8 Å². The molecule has 2 heterocycles. The van der Waals surface area contributed by atoms with Crippen LogP contribution < -0.4 is 0 Å². The molecule has 0 radical (unpaired) electrons. The fourth-order valence-corrected chi connectivity index (χ4v) is 11.8. The zero-order valence-electron chi connectivity index (χ0n) is 38.0. The molecule has 2 heteroatoms. The van der Waals surface area contributed by atoms with Gasteiger partial charge in [0.15, 0.2) is 0 Å². The lowest BCUT2D eigenvalue weighted by Crippen LogP contribution is -2.22.